The standard InChI is InChI=1S/C23H26FNO3/c1-15-18(3-2-4-20(15)24)17-5-6-22-19(14-17)21(9-12-28-22)25-23(26)13-16-7-10-27-11-8-16/h2-6,14,16,21H,7-13H2,1H3,(H,25,26). The highest BCUT2D eigenvalue weighted by atomic mass is 19.1. The van der Waals surface area contributed by atoms with Gasteiger partial charge < -0.3 is 14.8 Å². The summed E-state index contributed by atoms with van der Waals surface area (Å²) in [6.45, 7) is 3.85. The Morgan fingerprint density at radius 1 is 1.14 bits per heavy atom. The number of rotatable bonds is 4. The molecular weight excluding hydrogens is 357 g/mol. The second-order valence-electron chi connectivity index (χ2n) is 7.68. The zero-order valence-corrected chi connectivity index (χ0v) is 16.2. The summed E-state index contributed by atoms with van der Waals surface area (Å²) in [5.74, 6) is 1.06. The van der Waals surface area contributed by atoms with Crippen molar-refractivity contribution in [2.45, 2.75) is 38.6 Å². The predicted octanol–water partition coefficient (Wildman–Crippen LogP) is 4.56. The van der Waals surface area contributed by atoms with Crippen LogP contribution in [0.4, 0.5) is 4.39 Å². The van der Waals surface area contributed by atoms with Crippen LogP contribution in [0, 0.1) is 18.7 Å². The molecule has 28 heavy (non-hydrogen) atoms. The highest BCUT2D eigenvalue weighted by Crippen LogP contribution is 2.36. The van der Waals surface area contributed by atoms with E-state index in [0.717, 1.165) is 54.9 Å². The van der Waals surface area contributed by atoms with E-state index in [1.165, 1.54) is 6.07 Å². The minimum atomic E-state index is -0.215. The molecule has 2 aromatic rings. The second-order valence-corrected chi connectivity index (χ2v) is 7.68. The largest absolute Gasteiger partial charge is 0.493 e. The summed E-state index contributed by atoms with van der Waals surface area (Å²) in [4.78, 5) is 12.6. The summed E-state index contributed by atoms with van der Waals surface area (Å²) < 4.78 is 25.1. The molecule has 0 spiro atoms. The summed E-state index contributed by atoms with van der Waals surface area (Å²) in [6.07, 6.45) is 3.17. The molecule has 0 radical (unpaired) electrons. The number of ether oxygens (including phenoxy) is 2. The van der Waals surface area contributed by atoms with E-state index in [1.807, 2.05) is 24.3 Å². The van der Waals surface area contributed by atoms with E-state index in [-0.39, 0.29) is 17.8 Å². The van der Waals surface area contributed by atoms with Crippen LogP contribution in [-0.2, 0) is 9.53 Å². The minimum Gasteiger partial charge on any atom is -0.493 e. The molecule has 1 saturated heterocycles. The first-order chi connectivity index (χ1) is 13.6. The van der Waals surface area contributed by atoms with E-state index in [2.05, 4.69) is 5.32 Å². The lowest BCUT2D eigenvalue weighted by atomic mass is 9.92. The Bertz CT molecular complexity index is 861. The van der Waals surface area contributed by atoms with Crippen molar-refractivity contribution < 1.29 is 18.7 Å². The highest BCUT2D eigenvalue weighted by molar-refractivity contribution is 5.77. The van der Waals surface area contributed by atoms with E-state index in [0.29, 0.717) is 24.5 Å². The van der Waals surface area contributed by atoms with E-state index in [9.17, 15) is 9.18 Å². The van der Waals surface area contributed by atoms with E-state index < -0.39 is 0 Å². The van der Waals surface area contributed by atoms with Gasteiger partial charge in [-0.15, -0.1) is 0 Å². The molecule has 1 unspecified atom stereocenters. The third-order valence-corrected chi connectivity index (χ3v) is 5.78. The lowest BCUT2D eigenvalue weighted by Crippen LogP contribution is -2.34. The first-order valence-electron chi connectivity index (χ1n) is 10.0. The third-order valence-electron chi connectivity index (χ3n) is 5.78. The monoisotopic (exact) mass is 383 g/mol. The Hall–Kier alpha value is -2.40. The fourth-order valence-corrected chi connectivity index (χ4v) is 4.10. The number of halogens is 1. The Morgan fingerprint density at radius 2 is 1.96 bits per heavy atom. The van der Waals surface area contributed by atoms with Gasteiger partial charge in [0.15, 0.2) is 0 Å². The fraction of sp³-hybridized carbons (Fsp3) is 0.435. The van der Waals surface area contributed by atoms with Gasteiger partial charge in [-0.2, -0.15) is 0 Å². The van der Waals surface area contributed by atoms with Crippen molar-refractivity contribution in [1.82, 2.24) is 5.32 Å². The van der Waals surface area contributed by atoms with Gasteiger partial charge in [-0.05, 0) is 60.6 Å². The Balaban J connectivity index is 1.54. The number of carbonyl (C=O) groups is 1. The van der Waals surface area contributed by atoms with Gasteiger partial charge in [-0.25, -0.2) is 4.39 Å². The molecular formula is C23H26FNO3. The van der Waals surface area contributed by atoms with Crippen LogP contribution in [0.15, 0.2) is 36.4 Å². The second kappa shape index (κ2) is 8.31. The number of hydrogen-bond acceptors (Lipinski definition) is 3. The number of benzene rings is 2. The number of carbonyl (C=O) groups excluding carboxylic acids is 1. The average molecular weight is 383 g/mol. The van der Waals surface area contributed by atoms with Crippen LogP contribution >= 0.6 is 0 Å². The molecule has 0 bridgehead atoms. The zero-order chi connectivity index (χ0) is 19.5. The smallest absolute Gasteiger partial charge is 0.220 e. The van der Waals surface area contributed by atoms with Crippen LogP contribution in [0.3, 0.4) is 0 Å². The van der Waals surface area contributed by atoms with Gasteiger partial charge in [-0.1, -0.05) is 18.2 Å². The van der Waals surface area contributed by atoms with Crippen molar-refractivity contribution in [2.24, 2.45) is 5.92 Å². The summed E-state index contributed by atoms with van der Waals surface area (Å²) in [5, 5.41) is 3.19. The molecule has 2 aromatic carbocycles. The van der Waals surface area contributed by atoms with Gasteiger partial charge in [0.25, 0.3) is 0 Å². The molecule has 2 aliphatic rings. The normalized spacial score (nSPS) is 19.6. The van der Waals surface area contributed by atoms with E-state index in [1.54, 1.807) is 13.0 Å². The average Bonchev–Trinajstić information content (AvgIpc) is 2.71. The van der Waals surface area contributed by atoms with Gasteiger partial charge in [0.2, 0.25) is 5.91 Å². The van der Waals surface area contributed by atoms with Crippen LogP contribution in [-0.4, -0.2) is 25.7 Å². The van der Waals surface area contributed by atoms with Gasteiger partial charge >= 0.3 is 0 Å². The molecule has 0 aromatic heterocycles. The zero-order valence-electron chi connectivity index (χ0n) is 16.2. The Morgan fingerprint density at radius 3 is 2.79 bits per heavy atom. The highest BCUT2D eigenvalue weighted by Gasteiger charge is 2.25. The van der Waals surface area contributed by atoms with Crippen LogP contribution in [0.5, 0.6) is 5.75 Å². The lowest BCUT2D eigenvalue weighted by molar-refractivity contribution is -0.123. The molecule has 2 aliphatic heterocycles. The summed E-state index contributed by atoms with van der Waals surface area (Å²) >= 11 is 0. The third kappa shape index (κ3) is 4.04. The molecule has 5 heteroatoms. The molecule has 0 aliphatic carbocycles. The van der Waals surface area contributed by atoms with Crippen LogP contribution in [0.1, 0.15) is 42.9 Å². The summed E-state index contributed by atoms with van der Waals surface area (Å²) in [6, 6.07) is 10.9. The maximum Gasteiger partial charge on any atom is 0.220 e. The van der Waals surface area contributed by atoms with Crippen molar-refractivity contribution in [3.05, 3.63) is 53.3 Å². The van der Waals surface area contributed by atoms with Gasteiger partial charge in [0.1, 0.15) is 11.6 Å². The van der Waals surface area contributed by atoms with Crippen LogP contribution in [0.25, 0.3) is 11.1 Å². The minimum absolute atomic E-state index is 0.0788. The molecule has 4 rings (SSSR count). The molecule has 2 heterocycles. The molecule has 1 N–H and O–H groups in total. The predicted molar refractivity (Wildman–Crippen MR) is 106 cm³/mol. The summed E-state index contributed by atoms with van der Waals surface area (Å²) in [7, 11) is 0. The SMILES string of the molecule is Cc1c(F)cccc1-c1ccc2c(c1)C(NC(=O)CC1CCOCC1)CCO2. The molecule has 1 amide bonds. The lowest BCUT2D eigenvalue weighted by Gasteiger charge is -2.28. The molecule has 0 saturated carbocycles. The molecule has 1 fully saturated rings. The summed E-state index contributed by atoms with van der Waals surface area (Å²) in [5.41, 5.74) is 3.39. The Labute approximate surface area is 165 Å². The van der Waals surface area contributed by atoms with E-state index >= 15 is 0 Å². The number of amides is 1. The molecule has 148 valence electrons. The van der Waals surface area contributed by atoms with Crippen LogP contribution in [0.2, 0.25) is 0 Å². The Kier molecular flexibility index (Phi) is 5.62. The molecule has 1 atom stereocenters. The fourth-order valence-electron chi connectivity index (χ4n) is 4.10. The van der Waals surface area contributed by atoms with Gasteiger partial charge in [0.05, 0.1) is 12.6 Å². The van der Waals surface area contributed by atoms with Crippen molar-refractivity contribution in [1.29, 1.82) is 0 Å². The first kappa shape index (κ1) is 18.9. The van der Waals surface area contributed by atoms with E-state index in [4.69, 9.17) is 9.47 Å². The van der Waals surface area contributed by atoms with Crippen molar-refractivity contribution in [3.8, 4) is 16.9 Å². The number of fused-ring (bicyclic) bond motifs is 1. The maximum atomic E-state index is 14.0. The quantitative estimate of drug-likeness (QED) is 0.842. The molecule has 4 nitrogen and oxygen atoms in total. The number of hydrogen-bond donors (Lipinski definition) is 1. The van der Waals surface area contributed by atoms with Crippen LogP contribution < -0.4 is 10.1 Å². The van der Waals surface area contributed by atoms with Crippen molar-refractivity contribution in [3.63, 3.8) is 0 Å². The van der Waals surface area contributed by atoms with Gasteiger partial charge in [0, 0.05) is 31.6 Å². The first-order valence-corrected chi connectivity index (χ1v) is 10.0. The topological polar surface area (TPSA) is 47.6 Å². The van der Waals surface area contributed by atoms with Crippen molar-refractivity contribution >= 4 is 5.91 Å². The van der Waals surface area contributed by atoms with Crippen molar-refractivity contribution in [2.75, 3.05) is 19.8 Å². The maximum absolute atomic E-state index is 14.0. The number of nitrogens with one attached hydrogen (secondary N) is 1. The van der Waals surface area contributed by atoms with Gasteiger partial charge in [-0.3, -0.25) is 4.79 Å².